The molecule has 0 bridgehead atoms. The van der Waals surface area contributed by atoms with Crippen molar-refractivity contribution in [2.75, 3.05) is 24.0 Å². The van der Waals surface area contributed by atoms with Crippen LogP contribution in [0.2, 0.25) is 10.0 Å². The van der Waals surface area contributed by atoms with Gasteiger partial charge in [0, 0.05) is 13.1 Å². The molecule has 0 fully saturated rings. The summed E-state index contributed by atoms with van der Waals surface area (Å²) in [4.78, 5) is 28.2. The van der Waals surface area contributed by atoms with E-state index in [1.807, 2.05) is 0 Å². The van der Waals surface area contributed by atoms with Crippen LogP contribution in [0.1, 0.15) is 32.8 Å². The van der Waals surface area contributed by atoms with Gasteiger partial charge in [-0.1, -0.05) is 36.2 Å². The highest BCUT2D eigenvalue weighted by atomic mass is 35.5. The molecular formula is C29H32Cl2FN3O5S. The van der Waals surface area contributed by atoms with E-state index in [1.165, 1.54) is 41.3 Å². The van der Waals surface area contributed by atoms with Gasteiger partial charge >= 0.3 is 0 Å². The molecule has 41 heavy (non-hydrogen) atoms. The maximum Gasteiger partial charge on any atom is 0.264 e. The fourth-order valence-corrected chi connectivity index (χ4v) is 5.92. The zero-order valence-electron chi connectivity index (χ0n) is 22.9. The highest BCUT2D eigenvalue weighted by Crippen LogP contribution is 2.27. The SMILES string of the molecule is CCNC(=O)[C@@H](CC)N(Cc1ccc(Cl)c(Cl)c1)C(=O)CN(c1ccc(F)cc1)S(=O)(=O)c1ccc(OCC)cc1. The molecule has 2 amide bonds. The molecule has 220 valence electrons. The average molecular weight is 625 g/mol. The zero-order chi connectivity index (χ0) is 30.2. The first kappa shape index (κ1) is 32.2. The number of carbonyl (C=O) groups is 2. The van der Waals surface area contributed by atoms with E-state index >= 15 is 0 Å². The van der Waals surface area contributed by atoms with Crippen molar-refractivity contribution in [3.63, 3.8) is 0 Å². The largest absolute Gasteiger partial charge is 0.494 e. The number of likely N-dealkylation sites (N-methyl/N-ethyl adjacent to an activating group) is 1. The first-order chi connectivity index (χ1) is 19.5. The summed E-state index contributed by atoms with van der Waals surface area (Å²) in [6, 6.07) is 14.5. The molecule has 1 N–H and O–H groups in total. The lowest BCUT2D eigenvalue weighted by atomic mass is 10.1. The first-order valence-electron chi connectivity index (χ1n) is 13.0. The van der Waals surface area contributed by atoms with Crippen LogP contribution in [-0.4, -0.2) is 50.9 Å². The Kier molecular flexibility index (Phi) is 11.4. The Bertz CT molecular complexity index is 1450. The number of anilines is 1. The number of hydrogen-bond donors (Lipinski definition) is 1. The van der Waals surface area contributed by atoms with Gasteiger partial charge in [-0.3, -0.25) is 13.9 Å². The van der Waals surface area contributed by atoms with Gasteiger partial charge in [0.25, 0.3) is 10.0 Å². The Morgan fingerprint density at radius 1 is 0.951 bits per heavy atom. The van der Waals surface area contributed by atoms with Crippen molar-refractivity contribution in [2.45, 2.75) is 44.7 Å². The van der Waals surface area contributed by atoms with E-state index in [1.54, 1.807) is 39.0 Å². The molecule has 0 aliphatic carbocycles. The number of nitrogens with one attached hydrogen (secondary N) is 1. The summed E-state index contributed by atoms with van der Waals surface area (Å²) >= 11 is 12.3. The van der Waals surface area contributed by atoms with Crippen molar-refractivity contribution in [1.82, 2.24) is 10.2 Å². The van der Waals surface area contributed by atoms with Crippen LogP contribution in [0.4, 0.5) is 10.1 Å². The summed E-state index contributed by atoms with van der Waals surface area (Å²) in [7, 11) is -4.31. The third-order valence-electron chi connectivity index (χ3n) is 6.19. The fraction of sp³-hybridized carbons (Fsp3) is 0.310. The Labute approximate surface area is 250 Å². The van der Waals surface area contributed by atoms with E-state index in [4.69, 9.17) is 27.9 Å². The van der Waals surface area contributed by atoms with Gasteiger partial charge in [-0.05, 0) is 86.5 Å². The van der Waals surface area contributed by atoms with Crippen LogP contribution in [0.5, 0.6) is 5.75 Å². The lowest BCUT2D eigenvalue weighted by Crippen LogP contribution is -2.52. The van der Waals surface area contributed by atoms with Crippen LogP contribution in [0.15, 0.2) is 71.6 Å². The quantitative estimate of drug-likeness (QED) is 0.265. The summed E-state index contributed by atoms with van der Waals surface area (Å²) in [6.45, 7) is 5.38. The van der Waals surface area contributed by atoms with E-state index in [-0.39, 0.29) is 34.5 Å². The number of nitrogens with zero attached hydrogens (tertiary/aromatic N) is 2. The summed E-state index contributed by atoms with van der Waals surface area (Å²) < 4.78 is 47.8. The minimum Gasteiger partial charge on any atom is -0.494 e. The van der Waals surface area contributed by atoms with Crippen LogP contribution in [-0.2, 0) is 26.2 Å². The number of rotatable bonds is 13. The fourth-order valence-electron chi connectivity index (χ4n) is 4.18. The van der Waals surface area contributed by atoms with Crippen molar-refractivity contribution in [3.05, 3.63) is 88.2 Å². The van der Waals surface area contributed by atoms with Crippen molar-refractivity contribution >= 4 is 50.7 Å². The van der Waals surface area contributed by atoms with E-state index in [0.717, 1.165) is 16.4 Å². The van der Waals surface area contributed by atoms with E-state index in [0.29, 0.717) is 29.5 Å². The number of carbonyl (C=O) groups excluding carboxylic acids is 2. The minimum absolute atomic E-state index is 0.0360. The summed E-state index contributed by atoms with van der Waals surface area (Å²) in [5, 5.41) is 3.33. The highest BCUT2D eigenvalue weighted by molar-refractivity contribution is 7.92. The number of ether oxygens (including phenoxy) is 1. The molecule has 0 aromatic heterocycles. The molecule has 3 rings (SSSR count). The summed E-state index contributed by atoms with van der Waals surface area (Å²) in [5.74, 6) is -1.11. The van der Waals surface area contributed by atoms with Crippen LogP contribution in [0.3, 0.4) is 0 Å². The molecule has 0 unspecified atom stereocenters. The normalized spacial score (nSPS) is 12.0. The smallest absolute Gasteiger partial charge is 0.264 e. The van der Waals surface area contributed by atoms with E-state index in [2.05, 4.69) is 5.32 Å². The molecule has 0 aliphatic rings. The van der Waals surface area contributed by atoms with E-state index in [9.17, 15) is 22.4 Å². The van der Waals surface area contributed by atoms with Crippen molar-refractivity contribution in [3.8, 4) is 5.75 Å². The van der Waals surface area contributed by atoms with Gasteiger partial charge < -0.3 is 15.0 Å². The predicted octanol–water partition coefficient (Wildman–Crippen LogP) is 5.67. The van der Waals surface area contributed by atoms with Gasteiger partial charge in [0.15, 0.2) is 0 Å². The monoisotopic (exact) mass is 623 g/mol. The van der Waals surface area contributed by atoms with Gasteiger partial charge in [-0.15, -0.1) is 0 Å². The highest BCUT2D eigenvalue weighted by Gasteiger charge is 2.33. The minimum atomic E-state index is -4.31. The number of halogens is 3. The van der Waals surface area contributed by atoms with Gasteiger partial charge in [-0.25, -0.2) is 12.8 Å². The molecule has 0 saturated heterocycles. The molecule has 3 aromatic carbocycles. The lowest BCUT2D eigenvalue weighted by Gasteiger charge is -2.33. The van der Waals surface area contributed by atoms with Gasteiger partial charge in [0.05, 0.1) is 27.2 Å². The van der Waals surface area contributed by atoms with Gasteiger partial charge in [0.1, 0.15) is 24.2 Å². The molecule has 0 spiro atoms. The molecule has 1 atom stereocenters. The predicted molar refractivity (Wildman–Crippen MR) is 158 cm³/mol. The number of amides is 2. The maximum absolute atomic E-state index is 14.0. The summed E-state index contributed by atoms with van der Waals surface area (Å²) in [6.07, 6.45) is 0.265. The second-order valence-electron chi connectivity index (χ2n) is 8.98. The Morgan fingerprint density at radius 3 is 2.17 bits per heavy atom. The number of benzene rings is 3. The number of sulfonamides is 1. The molecule has 0 radical (unpaired) electrons. The van der Waals surface area contributed by atoms with Crippen molar-refractivity contribution < 1.29 is 27.1 Å². The Morgan fingerprint density at radius 2 is 1.61 bits per heavy atom. The lowest BCUT2D eigenvalue weighted by molar-refractivity contribution is -0.140. The summed E-state index contributed by atoms with van der Waals surface area (Å²) in [5.41, 5.74) is 0.674. The second-order valence-corrected chi connectivity index (χ2v) is 11.7. The van der Waals surface area contributed by atoms with Crippen molar-refractivity contribution in [1.29, 1.82) is 0 Å². The van der Waals surface area contributed by atoms with Crippen LogP contribution < -0.4 is 14.4 Å². The Balaban J connectivity index is 2.05. The van der Waals surface area contributed by atoms with Crippen LogP contribution in [0, 0.1) is 5.82 Å². The first-order valence-corrected chi connectivity index (χ1v) is 15.2. The average Bonchev–Trinajstić information content (AvgIpc) is 2.94. The zero-order valence-corrected chi connectivity index (χ0v) is 25.3. The van der Waals surface area contributed by atoms with Crippen molar-refractivity contribution in [2.24, 2.45) is 0 Å². The third-order valence-corrected chi connectivity index (χ3v) is 8.72. The number of hydrogen-bond acceptors (Lipinski definition) is 5. The van der Waals surface area contributed by atoms with Gasteiger partial charge in [0.2, 0.25) is 11.8 Å². The third kappa shape index (κ3) is 8.12. The molecule has 12 heteroatoms. The van der Waals surface area contributed by atoms with Crippen LogP contribution >= 0.6 is 23.2 Å². The van der Waals surface area contributed by atoms with E-state index < -0.39 is 34.3 Å². The molecule has 0 saturated carbocycles. The molecular weight excluding hydrogens is 592 g/mol. The standard InChI is InChI=1S/C29H32Cl2FN3O5S/c1-4-27(29(37)33-5-2)34(18-20-7-16-25(30)26(31)17-20)28(36)19-35(22-10-8-21(32)9-11-22)41(38,39)24-14-12-23(13-15-24)40-6-3/h7-17,27H,4-6,18-19H2,1-3H3,(H,33,37)/t27-/m1/s1. The molecule has 3 aromatic rings. The Hall–Kier alpha value is -3.34. The molecule has 0 heterocycles. The van der Waals surface area contributed by atoms with Crippen LogP contribution in [0.25, 0.3) is 0 Å². The topological polar surface area (TPSA) is 96.0 Å². The van der Waals surface area contributed by atoms with Gasteiger partial charge in [-0.2, -0.15) is 0 Å². The maximum atomic E-state index is 14.0. The molecule has 8 nitrogen and oxygen atoms in total. The second kappa shape index (κ2) is 14.5. The molecule has 0 aliphatic heterocycles.